The lowest BCUT2D eigenvalue weighted by Gasteiger charge is -2.33. The topological polar surface area (TPSA) is 86.8 Å². The minimum atomic E-state index is -4.85. The summed E-state index contributed by atoms with van der Waals surface area (Å²) in [6.45, 7) is 4.39. The highest BCUT2D eigenvalue weighted by molar-refractivity contribution is 7.92. The molecule has 0 aliphatic carbocycles. The molecule has 0 radical (unpaired) electrons. The summed E-state index contributed by atoms with van der Waals surface area (Å²) in [4.78, 5) is 27.9. The first-order valence-corrected chi connectivity index (χ1v) is 14.4. The Morgan fingerprint density at radius 2 is 1.66 bits per heavy atom. The van der Waals surface area contributed by atoms with Crippen LogP contribution in [-0.4, -0.2) is 50.0 Å². The van der Waals surface area contributed by atoms with E-state index in [0.717, 1.165) is 18.4 Å². The number of sulfonamides is 1. The van der Waals surface area contributed by atoms with E-state index in [4.69, 9.17) is 23.2 Å². The molecular weight excluding hydrogens is 566 g/mol. The first-order chi connectivity index (χ1) is 17.6. The fraction of sp³-hybridized carbons (Fsp3) is 0.440. The molecule has 1 N–H and O–H groups in total. The average molecular weight is 596 g/mol. The van der Waals surface area contributed by atoms with Crippen LogP contribution in [0.25, 0.3) is 0 Å². The first kappa shape index (κ1) is 31.7. The van der Waals surface area contributed by atoms with Crippen LogP contribution in [0.5, 0.6) is 0 Å². The van der Waals surface area contributed by atoms with Crippen LogP contribution >= 0.6 is 23.2 Å². The van der Waals surface area contributed by atoms with Gasteiger partial charge in [0, 0.05) is 17.6 Å². The number of benzene rings is 2. The van der Waals surface area contributed by atoms with E-state index in [2.05, 4.69) is 5.32 Å². The van der Waals surface area contributed by atoms with Crippen LogP contribution in [-0.2, 0) is 32.3 Å². The van der Waals surface area contributed by atoms with Crippen LogP contribution in [0, 0.1) is 0 Å². The Balaban J connectivity index is 2.54. The number of nitrogens with zero attached hydrogens (tertiary/aromatic N) is 2. The highest BCUT2D eigenvalue weighted by Crippen LogP contribution is 2.37. The number of hydrogen-bond acceptors (Lipinski definition) is 4. The maximum absolute atomic E-state index is 13.6. The molecule has 0 aromatic heterocycles. The van der Waals surface area contributed by atoms with Crippen molar-refractivity contribution in [3.63, 3.8) is 0 Å². The average Bonchev–Trinajstić information content (AvgIpc) is 2.82. The fourth-order valence-corrected chi connectivity index (χ4v) is 4.93. The third kappa shape index (κ3) is 8.25. The molecule has 38 heavy (non-hydrogen) atoms. The summed E-state index contributed by atoms with van der Waals surface area (Å²) in [6, 6.07) is 8.03. The lowest BCUT2D eigenvalue weighted by Crippen LogP contribution is -2.53. The molecule has 0 saturated carbocycles. The zero-order chi connectivity index (χ0) is 28.8. The van der Waals surface area contributed by atoms with Crippen LogP contribution in [0.1, 0.15) is 44.7 Å². The second kappa shape index (κ2) is 13.0. The van der Waals surface area contributed by atoms with Gasteiger partial charge in [-0.3, -0.25) is 13.9 Å². The van der Waals surface area contributed by atoms with Gasteiger partial charge >= 0.3 is 6.18 Å². The largest absolute Gasteiger partial charge is 0.417 e. The minimum absolute atomic E-state index is 0.128. The predicted octanol–water partition coefficient (Wildman–Crippen LogP) is 5.50. The number of anilines is 1. The lowest BCUT2D eigenvalue weighted by molar-refractivity contribution is -0.140. The molecule has 2 rings (SSSR count). The Labute approximate surface area is 230 Å². The quantitative estimate of drug-likeness (QED) is 0.371. The number of nitrogens with one attached hydrogen (secondary N) is 1. The Kier molecular flexibility index (Phi) is 10.9. The van der Waals surface area contributed by atoms with Gasteiger partial charge in [0.1, 0.15) is 12.6 Å². The predicted molar refractivity (Wildman–Crippen MR) is 143 cm³/mol. The molecule has 13 heteroatoms. The summed E-state index contributed by atoms with van der Waals surface area (Å²) in [5.41, 5.74) is -1.13. The van der Waals surface area contributed by atoms with Crippen molar-refractivity contribution in [3.8, 4) is 0 Å². The molecule has 0 aliphatic heterocycles. The Hall–Kier alpha value is -2.50. The van der Waals surface area contributed by atoms with Gasteiger partial charge in [-0.2, -0.15) is 13.2 Å². The number of hydrogen-bond donors (Lipinski definition) is 1. The maximum Gasteiger partial charge on any atom is 0.417 e. The monoisotopic (exact) mass is 595 g/mol. The van der Waals surface area contributed by atoms with Crippen molar-refractivity contribution < 1.29 is 31.2 Å². The molecule has 0 aliphatic rings. The molecule has 0 fully saturated rings. The van der Waals surface area contributed by atoms with Crippen molar-refractivity contribution in [1.82, 2.24) is 10.2 Å². The SMILES string of the molecule is CC[C@H](C(=O)N[C@@H](C)CC)N(Cc1ccccc1Cl)C(=O)CN(c1ccc(Cl)c(C(F)(F)F)c1)S(C)(=O)=O. The molecule has 0 unspecified atom stereocenters. The van der Waals surface area contributed by atoms with Gasteiger partial charge in [-0.1, -0.05) is 55.2 Å². The molecule has 7 nitrogen and oxygen atoms in total. The number of rotatable bonds is 11. The molecule has 2 aromatic carbocycles. The minimum Gasteiger partial charge on any atom is -0.352 e. The molecule has 0 heterocycles. The van der Waals surface area contributed by atoms with Crippen LogP contribution in [0.2, 0.25) is 10.0 Å². The number of amides is 2. The maximum atomic E-state index is 13.6. The van der Waals surface area contributed by atoms with E-state index in [0.29, 0.717) is 27.4 Å². The van der Waals surface area contributed by atoms with E-state index >= 15 is 0 Å². The molecule has 2 aromatic rings. The van der Waals surface area contributed by atoms with Crippen molar-refractivity contribution in [2.24, 2.45) is 0 Å². The zero-order valence-corrected chi connectivity index (χ0v) is 23.7. The molecule has 2 atom stereocenters. The van der Waals surface area contributed by atoms with Crippen LogP contribution in [0.15, 0.2) is 42.5 Å². The fourth-order valence-electron chi connectivity index (χ4n) is 3.67. The van der Waals surface area contributed by atoms with E-state index in [1.807, 2.05) is 6.92 Å². The number of alkyl halides is 3. The smallest absolute Gasteiger partial charge is 0.352 e. The number of carbonyl (C=O) groups excluding carboxylic acids is 2. The molecule has 0 bridgehead atoms. The summed E-state index contributed by atoms with van der Waals surface area (Å²) < 4.78 is 66.2. The number of carbonyl (C=O) groups is 2. The molecule has 0 saturated heterocycles. The van der Waals surface area contributed by atoms with Gasteiger partial charge in [-0.05, 0) is 49.6 Å². The summed E-state index contributed by atoms with van der Waals surface area (Å²) in [5.74, 6) is -1.25. The standard InChI is InChI=1S/C25H30Cl2F3N3O4S/c1-5-16(3)31-24(35)22(6-2)32(14-17-9-7-8-10-20(17)26)23(34)15-33(38(4,36)37)18-11-12-21(27)19(13-18)25(28,29)30/h7-13,16,22H,5-6,14-15H2,1-4H3,(H,31,35)/t16-,22+/m0/s1. The highest BCUT2D eigenvalue weighted by atomic mass is 35.5. The summed E-state index contributed by atoms with van der Waals surface area (Å²) in [7, 11) is -4.23. The van der Waals surface area contributed by atoms with Gasteiger partial charge < -0.3 is 10.2 Å². The summed E-state index contributed by atoms with van der Waals surface area (Å²) in [5, 5.41) is 2.54. The van der Waals surface area contributed by atoms with Gasteiger partial charge in [-0.25, -0.2) is 8.42 Å². The second-order valence-corrected chi connectivity index (χ2v) is 11.5. The van der Waals surface area contributed by atoms with Crippen molar-refractivity contribution in [2.75, 3.05) is 17.1 Å². The Morgan fingerprint density at radius 1 is 1.03 bits per heavy atom. The van der Waals surface area contributed by atoms with E-state index in [1.165, 1.54) is 4.90 Å². The molecular formula is C25H30Cl2F3N3O4S. The van der Waals surface area contributed by atoms with Gasteiger partial charge in [0.05, 0.1) is 22.5 Å². The van der Waals surface area contributed by atoms with Gasteiger partial charge in [0.25, 0.3) is 0 Å². The Bertz CT molecular complexity index is 1260. The number of halogens is 5. The van der Waals surface area contributed by atoms with Crippen molar-refractivity contribution in [1.29, 1.82) is 0 Å². The first-order valence-electron chi connectivity index (χ1n) is 11.8. The van der Waals surface area contributed by atoms with Crippen LogP contribution in [0.3, 0.4) is 0 Å². The highest BCUT2D eigenvalue weighted by Gasteiger charge is 2.36. The zero-order valence-electron chi connectivity index (χ0n) is 21.4. The third-order valence-corrected chi connectivity index (χ3v) is 7.75. The van der Waals surface area contributed by atoms with E-state index in [1.54, 1.807) is 38.1 Å². The van der Waals surface area contributed by atoms with Crippen LogP contribution in [0.4, 0.5) is 18.9 Å². The van der Waals surface area contributed by atoms with E-state index < -0.39 is 56.9 Å². The van der Waals surface area contributed by atoms with E-state index in [-0.39, 0.29) is 19.0 Å². The third-order valence-electron chi connectivity index (χ3n) is 5.91. The normalized spacial score (nSPS) is 13.5. The van der Waals surface area contributed by atoms with Crippen molar-refractivity contribution >= 4 is 50.7 Å². The second-order valence-electron chi connectivity index (χ2n) is 8.79. The molecule has 210 valence electrons. The van der Waals surface area contributed by atoms with Crippen LogP contribution < -0.4 is 9.62 Å². The Morgan fingerprint density at radius 3 is 2.18 bits per heavy atom. The van der Waals surface area contributed by atoms with Gasteiger partial charge in [-0.15, -0.1) is 0 Å². The molecule has 2 amide bonds. The molecule has 0 spiro atoms. The lowest BCUT2D eigenvalue weighted by atomic mass is 10.1. The van der Waals surface area contributed by atoms with E-state index in [9.17, 15) is 31.2 Å². The van der Waals surface area contributed by atoms with Crippen molar-refractivity contribution in [3.05, 3.63) is 63.6 Å². The van der Waals surface area contributed by atoms with Gasteiger partial charge in [0.2, 0.25) is 21.8 Å². The summed E-state index contributed by atoms with van der Waals surface area (Å²) >= 11 is 12.0. The van der Waals surface area contributed by atoms with Gasteiger partial charge in [0.15, 0.2) is 0 Å². The van der Waals surface area contributed by atoms with Crippen molar-refractivity contribution in [2.45, 2.75) is 58.4 Å². The summed E-state index contributed by atoms with van der Waals surface area (Å²) in [6.07, 6.45) is -3.25.